The molecule has 9 heteroatoms. The number of halogens is 1. The van der Waals surface area contributed by atoms with Crippen LogP contribution in [0.3, 0.4) is 0 Å². The van der Waals surface area contributed by atoms with Gasteiger partial charge in [0, 0.05) is 10.0 Å². The van der Waals surface area contributed by atoms with Crippen LogP contribution in [0.2, 0.25) is 0 Å². The Bertz CT molecular complexity index is 2170. The van der Waals surface area contributed by atoms with Gasteiger partial charge < -0.3 is 14.2 Å². The SMILES string of the molecule is CCOC(=O)C1=C(c2ccccc2)N=c2s/c(=C\c3ccc(OCc4ccc(Br)cc4)c(OCC)c3)c(=O)n2[C@@H]1c1ccc(C(C)C)cc1. The summed E-state index contributed by atoms with van der Waals surface area (Å²) in [6.45, 7) is 8.99. The Morgan fingerprint density at radius 2 is 1.65 bits per heavy atom. The Morgan fingerprint density at radius 3 is 2.33 bits per heavy atom. The van der Waals surface area contributed by atoms with Crippen LogP contribution in [0.25, 0.3) is 11.8 Å². The zero-order chi connectivity index (χ0) is 34.5. The van der Waals surface area contributed by atoms with Crippen molar-refractivity contribution in [3.05, 3.63) is 155 Å². The molecule has 49 heavy (non-hydrogen) atoms. The Hall–Kier alpha value is -4.73. The van der Waals surface area contributed by atoms with E-state index in [0.29, 0.717) is 51.2 Å². The van der Waals surface area contributed by atoms with E-state index >= 15 is 0 Å². The number of nitrogens with zero attached hydrogens (tertiary/aromatic N) is 2. The van der Waals surface area contributed by atoms with E-state index in [0.717, 1.165) is 32.3 Å². The summed E-state index contributed by atoms with van der Waals surface area (Å²) < 4.78 is 20.8. The summed E-state index contributed by atoms with van der Waals surface area (Å²) in [6.07, 6.45) is 1.83. The molecule has 1 aromatic heterocycles. The summed E-state index contributed by atoms with van der Waals surface area (Å²) in [5.74, 6) is 1.02. The van der Waals surface area contributed by atoms with Gasteiger partial charge in [-0.05, 0) is 72.4 Å². The Kier molecular flexibility index (Phi) is 10.6. The molecule has 7 nitrogen and oxygen atoms in total. The molecule has 0 N–H and O–H groups in total. The van der Waals surface area contributed by atoms with Gasteiger partial charge in [0.2, 0.25) is 0 Å². The number of benzene rings is 4. The van der Waals surface area contributed by atoms with Crippen molar-refractivity contribution in [1.29, 1.82) is 0 Å². The molecule has 2 heterocycles. The zero-order valence-corrected chi connectivity index (χ0v) is 30.2. The van der Waals surface area contributed by atoms with Crippen molar-refractivity contribution in [2.24, 2.45) is 4.99 Å². The lowest BCUT2D eigenvalue weighted by molar-refractivity contribution is -0.138. The van der Waals surface area contributed by atoms with E-state index in [2.05, 4.69) is 41.9 Å². The van der Waals surface area contributed by atoms with E-state index in [1.165, 1.54) is 11.3 Å². The molecule has 250 valence electrons. The first-order chi connectivity index (χ1) is 23.8. The lowest BCUT2D eigenvalue weighted by Gasteiger charge is -2.26. The predicted octanol–water partition coefficient (Wildman–Crippen LogP) is 7.80. The van der Waals surface area contributed by atoms with Crippen LogP contribution in [0.15, 0.2) is 117 Å². The maximum atomic E-state index is 14.4. The number of carbonyl (C=O) groups excluding carboxylic acids is 1. The summed E-state index contributed by atoms with van der Waals surface area (Å²) in [6, 6.07) is 30.5. The number of fused-ring (bicyclic) bond motifs is 1. The lowest BCUT2D eigenvalue weighted by atomic mass is 9.91. The third-order valence-electron chi connectivity index (χ3n) is 8.17. The molecule has 0 bridgehead atoms. The molecule has 0 unspecified atom stereocenters. The summed E-state index contributed by atoms with van der Waals surface area (Å²) in [5, 5.41) is 0. The first-order valence-electron chi connectivity index (χ1n) is 16.3. The second-order valence-corrected chi connectivity index (χ2v) is 13.7. The standard InChI is InChI=1S/C40H37BrN2O5S/c1-5-46-33-22-27(14-21-32(33)48-24-26-12-19-31(41)20-13-26)23-34-38(44)43-37(30-17-15-28(16-18-30)25(3)4)35(39(45)47-6-2)36(42-40(43)49-34)29-10-8-7-9-11-29/h7-23,25,37H,5-6,24H2,1-4H3/b34-23-/t37-/m1/s1. The summed E-state index contributed by atoms with van der Waals surface area (Å²) in [5.41, 5.74) is 5.11. The maximum Gasteiger partial charge on any atom is 0.338 e. The first-order valence-corrected chi connectivity index (χ1v) is 17.9. The first kappa shape index (κ1) is 34.1. The molecule has 0 fully saturated rings. The number of aromatic nitrogens is 1. The highest BCUT2D eigenvalue weighted by molar-refractivity contribution is 9.10. The molecule has 6 rings (SSSR count). The van der Waals surface area contributed by atoms with Gasteiger partial charge in [-0.1, -0.05) is 114 Å². The van der Waals surface area contributed by atoms with Crippen LogP contribution >= 0.6 is 27.3 Å². The van der Waals surface area contributed by atoms with Crippen LogP contribution in [0.4, 0.5) is 0 Å². The highest BCUT2D eigenvalue weighted by atomic mass is 79.9. The number of thiazole rings is 1. The highest BCUT2D eigenvalue weighted by Gasteiger charge is 2.35. The zero-order valence-electron chi connectivity index (χ0n) is 27.8. The smallest absolute Gasteiger partial charge is 0.338 e. The number of carbonyl (C=O) groups is 1. The van der Waals surface area contributed by atoms with E-state index in [-0.39, 0.29) is 12.2 Å². The molecule has 0 saturated heterocycles. The molecule has 1 atom stereocenters. The van der Waals surface area contributed by atoms with Crippen LogP contribution in [-0.2, 0) is 16.1 Å². The molecule has 0 radical (unpaired) electrons. The molecular formula is C40H37BrN2O5S. The second-order valence-electron chi connectivity index (χ2n) is 11.8. The molecule has 4 aromatic carbocycles. The summed E-state index contributed by atoms with van der Waals surface area (Å²) >= 11 is 4.75. The van der Waals surface area contributed by atoms with Crippen molar-refractivity contribution in [1.82, 2.24) is 4.57 Å². The van der Waals surface area contributed by atoms with Crippen molar-refractivity contribution in [3.8, 4) is 11.5 Å². The van der Waals surface area contributed by atoms with E-state index in [4.69, 9.17) is 19.2 Å². The minimum absolute atomic E-state index is 0.193. The normalized spacial score (nSPS) is 14.4. The van der Waals surface area contributed by atoms with E-state index in [9.17, 15) is 9.59 Å². The maximum absolute atomic E-state index is 14.4. The van der Waals surface area contributed by atoms with Gasteiger partial charge in [0.05, 0.1) is 35.1 Å². The molecule has 1 aliphatic rings. The molecule has 0 amide bonds. The number of hydrogen-bond acceptors (Lipinski definition) is 7. The van der Waals surface area contributed by atoms with Crippen molar-refractivity contribution in [2.75, 3.05) is 13.2 Å². The fourth-order valence-electron chi connectivity index (χ4n) is 5.71. The van der Waals surface area contributed by atoms with Gasteiger partial charge in [0.1, 0.15) is 6.61 Å². The molecule has 5 aromatic rings. The van der Waals surface area contributed by atoms with Crippen molar-refractivity contribution in [2.45, 2.75) is 46.3 Å². The fraction of sp³-hybridized carbons (Fsp3) is 0.225. The third-order valence-corrected chi connectivity index (χ3v) is 9.68. The van der Waals surface area contributed by atoms with E-state index in [1.807, 2.05) is 97.9 Å². The number of rotatable bonds is 11. The average molecular weight is 738 g/mol. The topological polar surface area (TPSA) is 79.1 Å². The largest absolute Gasteiger partial charge is 0.490 e. The van der Waals surface area contributed by atoms with Crippen LogP contribution in [0.1, 0.15) is 67.5 Å². The van der Waals surface area contributed by atoms with Gasteiger partial charge in [0.25, 0.3) is 5.56 Å². The number of esters is 1. The van der Waals surface area contributed by atoms with Gasteiger partial charge in [-0.3, -0.25) is 9.36 Å². The van der Waals surface area contributed by atoms with E-state index < -0.39 is 12.0 Å². The number of hydrogen-bond donors (Lipinski definition) is 0. The Balaban J connectivity index is 1.47. The van der Waals surface area contributed by atoms with Gasteiger partial charge in [-0.2, -0.15) is 0 Å². The molecule has 0 saturated carbocycles. The minimum atomic E-state index is -0.734. The van der Waals surface area contributed by atoms with Gasteiger partial charge in [-0.25, -0.2) is 9.79 Å². The van der Waals surface area contributed by atoms with Crippen molar-refractivity contribution in [3.63, 3.8) is 0 Å². The third kappa shape index (κ3) is 7.48. The van der Waals surface area contributed by atoms with Gasteiger partial charge >= 0.3 is 5.97 Å². The molecule has 0 aliphatic carbocycles. The summed E-state index contributed by atoms with van der Waals surface area (Å²) in [7, 11) is 0. The van der Waals surface area contributed by atoms with Gasteiger partial charge in [0.15, 0.2) is 16.3 Å². The predicted molar refractivity (Wildman–Crippen MR) is 198 cm³/mol. The second kappa shape index (κ2) is 15.2. The fourth-order valence-corrected chi connectivity index (χ4v) is 6.98. The van der Waals surface area contributed by atoms with Gasteiger partial charge in [-0.15, -0.1) is 0 Å². The molecule has 1 aliphatic heterocycles. The molecular weight excluding hydrogens is 700 g/mol. The number of ether oxygens (including phenoxy) is 3. The minimum Gasteiger partial charge on any atom is -0.490 e. The van der Waals surface area contributed by atoms with E-state index in [1.54, 1.807) is 11.5 Å². The van der Waals surface area contributed by atoms with Crippen LogP contribution in [0, 0.1) is 0 Å². The summed E-state index contributed by atoms with van der Waals surface area (Å²) in [4.78, 5) is 33.6. The monoisotopic (exact) mass is 736 g/mol. The Labute approximate surface area is 298 Å². The van der Waals surface area contributed by atoms with Crippen LogP contribution in [-0.4, -0.2) is 23.8 Å². The van der Waals surface area contributed by atoms with Crippen LogP contribution < -0.4 is 24.4 Å². The quantitative estimate of drug-likeness (QED) is 0.129. The molecule has 0 spiro atoms. The average Bonchev–Trinajstić information content (AvgIpc) is 3.42. The Morgan fingerprint density at radius 1 is 0.918 bits per heavy atom. The highest BCUT2D eigenvalue weighted by Crippen LogP contribution is 2.36. The van der Waals surface area contributed by atoms with Crippen molar-refractivity contribution >= 4 is 45.0 Å². The lowest BCUT2D eigenvalue weighted by Crippen LogP contribution is -2.40. The van der Waals surface area contributed by atoms with Crippen molar-refractivity contribution < 1.29 is 19.0 Å². The van der Waals surface area contributed by atoms with Crippen LogP contribution in [0.5, 0.6) is 11.5 Å².